The van der Waals surface area contributed by atoms with Crippen molar-refractivity contribution < 1.29 is 5.11 Å². The summed E-state index contributed by atoms with van der Waals surface area (Å²) in [5.74, 6) is 0.632. The van der Waals surface area contributed by atoms with Gasteiger partial charge in [0.1, 0.15) is 11.9 Å². The van der Waals surface area contributed by atoms with Gasteiger partial charge in [0.15, 0.2) is 5.82 Å². The third-order valence-electron chi connectivity index (χ3n) is 2.81. The standard InChI is InChI=1S/C10H19N3O/c1-6-13-8(11-7-12-13)10(5,14)9(2,3)4/h7,14H,6H2,1-5H3. The van der Waals surface area contributed by atoms with E-state index in [1.54, 1.807) is 11.6 Å². The highest BCUT2D eigenvalue weighted by Crippen LogP contribution is 2.37. The Morgan fingerprint density at radius 2 is 1.93 bits per heavy atom. The molecule has 80 valence electrons. The SMILES string of the molecule is CCn1ncnc1C(C)(O)C(C)(C)C. The van der Waals surface area contributed by atoms with Crippen LogP contribution in [0.2, 0.25) is 0 Å². The van der Waals surface area contributed by atoms with Gasteiger partial charge < -0.3 is 5.11 Å². The Morgan fingerprint density at radius 3 is 2.36 bits per heavy atom. The lowest BCUT2D eigenvalue weighted by Gasteiger charge is -2.36. The van der Waals surface area contributed by atoms with Crippen LogP contribution in [0.15, 0.2) is 6.33 Å². The van der Waals surface area contributed by atoms with Crippen molar-refractivity contribution in [2.45, 2.75) is 46.8 Å². The highest BCUT2D eigenvalue weighted by molar-refractivity contribution is 5.04. The number of aryl methyl sites for hydroxylation is 1. The van der Waals surface area contributed by atoms with Gasteiger partial charge in [0.05, 0.1) is 0 Å². The van der Waals surface area contributed by atoms with Crippen molar-refractivity contribution in [2.24, 2.45) is 5.41 Å². The zero-order valence-corrected chi connectivity index (χ0v) is 9.57. The van der Waals surface area contributed by atoms with Gasteiger partial charge in [0.25, 0.3) is 0 Å². The average molecular weight is 197 g/mol. The highest BCUT2D eigenvalue weighted by Gasteiger charge is 2.40. The molecule has 1 N–H and O–H groups in total. The van der Waals surface area contributed by atoms with Crippen LogP contribution in [0.5, 0.6) is 0 Å². The van der Waals surface area contributed by atoms with Crippen LogP contribution >= 0.6 is 0 Å². The normalized spacial score (nSPS) is 16.7. The first-order valence-corrected chi connectivity index (χ1v) is 4.91. The fourth-order valence-electron chi connectivity index (χ4n) is 1.21. The largest absolute Gasteiger partial charge is 0.382 e. The molecule has 0 spiro atoms. The van der Waals surface area contributed by atoms with Crippen LogP contribution < -0.4 is 0 Å². The van der Waals surface area contributed by atoms with Gasteiger partial charge in [-0.25, -0.2) is 9.67 Å². The summed E-state index contributed by atoms with van der Waals surface area (Å²) in [4.78, 5) is 4.13. The van der Waals surface area contributed by atoms with E-state index in [2.05, 4.69) is 10.1 Å². The summed E-state index contributed by atoms with van der Waals surface area (Å²) < 4.78 is 1.73. The summed E-state index contributed by atoms with van der Waals surface area (Å²) in [6.07, 6.45) is 1.49. The summed E-state index contributed by atoms with van der Waals surface area (Å²) in [6.45, 7) is 10.5. The highest BCUT2D eigenvalue weighted by atomic mass is 16.3. The molecule has 0 fully saturated rings. The third-order valence-corrected chi connectivity index (χ3v) is 2.81. The lowest BCUT2D eigenvalue weighted by molar-refractivity contribution is -0.0577. The molecule has 1 aromatic rings. The van der Waals surface area contributed by atoms with Gasteiger partial charge in [-0.15, -0.1) is 0 Å². The summed E-state index contributed by atoms with van der Waals surface area (Å²) in [7, 11) is 0. The fourth-order valence-corrected chi connectivity index (χ4v) is 1.21. The molecule has 0 amide bonds. The van der Waals surface area contributed by atoms with Crippen LogP contribution in [0, 0.1) is 5.41 Å². The molecule has 0 aliphatic rings. The first-order valence-electron chi connectivity index (χ1n) is 4.91. The zero-order chi connectivity index (χ0) is 11.0. The van der Waals surface area contributed by atoms with Gasteiger partial charge in [0, 0.05) is 6.54 Å². The van der Waals surface area contributed by atoms with Gasteiger partial charge in [-0.2, -0.15) is 5.10 Å². The molecule has 0 aliphatic carbocycles. The molecule has 0 saturated carbocycles. The summed E-state index contributed by atoms with van der Waals surface area (Å²) in [5.41, 5.74) is -1.22. The van der Waals surface area contributed by atoms with Gasteiger partial charge in [-0.05, 0) is 19.3 Å². The number of aliphatic hydroxyl groups is 1. The number of hydrogen-bond donors (Lipinski definition) is 1. The Bertz CT molecular complexity index is 309. The van der Waals surface area contributed by atoms with E-state index in [-0.39, 0.29) is 5.41 Å². The van der Waals surface area contributed by atoms with Crippen LogP contribution in [0.1, 0.15) is 40.4 Å². The van der Waals surface area contributed by atoms with Crippen LogP contribution in [0.4, 0.5) is 0 Å². The van der Waals surface area contributed by atoms with E-state index >= 15 is 0 Å². The molecule has 1 aromatic heterocycles. The molecule has 4 heteroatoms. The van der Waals surface area contributed by atoms with Gasteiger partial charge in [-0.1, -0.05) is 20.8 Å². The molecule has 14 heavy (non-hydrogen) atoms. The maximum absolute atomic E-state index is 10.4. The van der Waals surface area contributed by atoms with E-state index in [1.807, 2.05) is 27.7 Å². The van der Waals surface area contributed by atoms with Crippen molar-refractivity contribution in [3.05, 3.63) is 12.2 Å². The smallest absolute Gasteiger partial charge is 0.159 e. The monoisotopic (exact) mass is 197 g/mol. The van der Waals surface area contributed by atoms with Crippen molar-refractivity contribution in [1.29, 1.82) is 0 Å². The lowest BCUT2D eigenvalue weighted by Crippen LogP contribution is -2.39. The van der Waals surface area contributed by atoms with Crippen LogP contribution in [-0.2, 0) is 12.1 Å². The number of hydrogen-bond acceptors (Lipinski definition) is 3. The Kier molecular flexibility index (Phi) is 2.67. The molecule has 1 heterocycles. The van der Waals surface area contributed by atoms with E-state index in [1.165, 1.54) is 6.33 Å². The molecule has 0 aromatic carbocycles. The second kappa shape index (κ2) is 3.35. The van der Waals surface area contributed by atoms with Gasteiger partial charge in [-0.3, -0.25) is 0 Å². The molecule has 1 unspecified atom stereocenters. The van der Waals surface area contributed by atoms with Crippen molar-refractivity contribution >= 4 is 0 Å². The summed E-state index contributed by atoms with van der Waals surface area (Å²) in [5, 5.41) is 14.5. The number of rotatable bonds is 2. The molecular formula is C10H19N3O. The van der Waals surface area contributed by atoms with Crippen molar-refractivity contribution in [1.82, 2.24) is 14.8 Å². The van der Waals surface area contributed by atoms with Gasteiger partial charge in [0.2, 0.25) is 0 Å². The minimum absolute atomic E-state index is 0.257. The Labute approximate surface area is 85.0 Å². The minimum Gasteiger partial charge on any atom is -0.382 e. The second-order valence-electron chi connectivity index (χ2n) is 4.72. The predicted octanol–water partition coefficient (Wildman–Crippen LogP) is 1.55. The van der Waals surface area contributed by atoms with E-state index in [0.717, 1.165) is 6.54 Å². The van der Waals surface area contributed by atoms with Crippen LogP contribution in [0.25, 0.3) is 0 Å². The van der Waals surface area contributed by atoms with Gasteiger partial charge >= 0.3 is 0 Å². The quantitative estimate of drug-likeness (QED) is 0.782. The van der Waals surface area contributed by atoms with E-state index in [9.17, 15) is 5.11 Å². The number of nitrogens with zero attached hydrogens (tertiary/aromatic N) is 3. The van der Waals surface area contributed by atoms with E-state index < -0.39 is 5.60 Å². The van der Waals surface area contributed by atoms with Crippen LogP contribution in [0.3, 0.4) is 0 Å². The molecule has 0 bridgehead atoms. The van der Waals surface area contributed by atoms with E-state index in [4.69, 9.17) is 0 Å². The second-order valence-corrected chi connectivity index (χ2v) is 4.72. The zero-order valence-electron chi connectivity index (χ0n) is 9.57. The maximum Gasteiger partial charge on any atom is 0.159 e. The molecular weight excluding hydrogens is 178 g/mol. The number of aromatic nitrogens is 3. The molecule has 0 radical (unpaired) electrons. The molecule has 0 aliphatic heterocycles. The summed E-state index contributed by atoms with van der Waals surface area (Å²) in [6, 6.07) is 0. The molecule has 1 rings (SSSR count). The first kappa shape index (κ1) is 11.2. The third kappa shape index (κ3) is 1.66. The molecule has 1 atom stereocenters. The van der Waals surface area contributed by atoms with Crippen molar-refractivity contribution in [3.8, 4) is 0 Å². The Morgan fingerprint density at radius 1 is 1.36 bits per heavy atom. The minimum atomic E-state index is -0.959. The predicted molar refractivity (Wildman–Crippen MR) is 54.7 cm³/mol. The van der Waals surface area contributed by atoms with Crippen LogP contribution in [-0.4, -0.2) is 19.9 Å². The average Bonchev–Trinajstić information content (AvgIpc) is 2.49. The van der Waals surface area contributed by atoms with Crippen molar-refractivity contribution in [3.63, 3.8) is 0 Å². The fraction of sp³-hybridized carbons (Fsp3) is 0.800. The first-order chi connectivity index (χ1) is 6.30. The molecule has 0 saturated heterocycles. The maximum atomic E-state index is 10.4. The summed E-state index contributed by atoms with van der Waals surface area (Å²) >= 11 is 0. The molecule has 4 nitrogen and oxygen atoms in total. The topological polar surface area (TPSA) is 50.9 Å². The van der Waals surface area contributed by atoms with E-state index in [0.29, 0.717) is 5.82 Å². The lowest BCUT2D eigenvalue weighted by atomic mass is 9.77. The Hall–Kier alpha value is -0.900. The Balaban J connectivity index is 3.16. The van der Waals surface area contributed by atoms with Crippen molar-refractivity contribution in [2.75, 3.05) is 0 Å².